The van der Waals surface area contributed by atoms with Gasteiger partial charge in [0.2, 0.25) is 0 Å². The molecule has 1 aliphatic carbocycles. The third-order valence-electron chi connectivity index (χ3n) is 4.38. The molecule has 16 heavy (non-hydrogen) atoms. The molecule has 2 rings (SSSR count). The van der Waals surface area contributed by atoms with E-state index in [1.807, 2.05) is 0 Å². The molecule has 1 aliphatic heterocycles. The molecular formula is C13H23NO2. The quantitative estimate of drug-likeness (QED) is 0.781. The van der Waals surface area contributed by atoms with Gasteiger partial charge in [0.25, 0.3) is 0 Å². The molecule has 1 spiro atoms. The third-order valence-corrected chi connectivity index (χ3v) is 4.38. The van der Waals surface area contributed by atoms with E-state index in [0.717, 1.165) is 12.8 Å². The number of carbonyl (C=O) groups is 1. The Morgan fingerprint density at radius 1 is 1.38 bits per heavy atom. The molecule has 2 fully saturated rings. The lowest BCUT2D eigenvalue weighted by molar-refractivity contribution is -0.137. The largest absolute Gasteiger partial charge is 0.481 e. The highest BCUT2D eigenvalue weighted by Gasteiger charge is 2.45. The van der Waals surface area contributed by atoms with Crippen molar-refractivity contribution in [2.75, 3.05) is 13.1 Å². The molecule has 0 bridgehead atoms. The summed E-state index contributed by atoms with van der Waals surface area (Å²) in [6.07, 6.45) is 7.85. The summed E-state index contributed by atoms with van der Waals surface area (Å²) < 4.78 is 0. The fourth-order valence-electron chi connectivity index (χ4n) is 3.30. The highest BCUT2D eigenvalue weighted by molar-refractivity contribution is 5.66. The Bertz CT molecular complexity index is 251. The van der Waals surface area contributed by atoms with Crippen LogP contribution in [0.25, 0.3) is 0 Å². The number of nitrogens with zero attached hydrogens (tertiary/aromatic N) is 1. The Balaban J connectivity index is 1.64. The van der Waals surface area contributed by atoms with Crippen molar-refractivity contribution in [1.82, 2.24) is 4.90 Å². The molecule has 0 radical (unpaired) electrons. The van der Waals surface area contributed by atoms with Gasteiger partial charge in [0, 0.05) is 25.6 Å². The van der Waals surface area contributed by atoms with Crippen LogP contribution in [0.1, 0.15) is 51.9 Å². The molecule has 0 aromatic rings. The molecule has 3 nitrogen and oxygen atoms in total. The third kappa shape index (κ3) is 2.57. The first-order valence-corrected chi connectivity index (χ1v) is 6.57. The van der Waals surface area contributed by atoms with Gasteiger partial charge in [-0.2, -0.15) is 0 Å². The predicted octanol–water partition coefficient (Wildman–Crippen LogP) is 2.51. The minimum atomic E-state index is -0.664. The monoisotopic (exact) mass is 225 g/mol. The standard InChI is InChI=1S/C13H23NO2/c1-11(5-4-6-12(15)16)14-9-13(10-14)7-2-3-8-13/h11H,2-10H2,1H3,(H,15,16). The first kappa shape index (κ1) is 11.9. The van der Waals surface area contributed by atoms with Gasteiger partial charge in [-0.1, -0.05) is 12.8 Å². The van der Waals surface area contributed by atoms with Crippen LogP contribution in [-0.4, -0.2) is 35.1 Å². The minimum absolute atomic E-state index is 0.323. The summed E-state index contributed by atoms with van der Waals surface area (Å²) in [5, 5.41) is 8.59. The molecule has 1 N–H and O–H groups in total. The van der Waals surface area contributed by atoms with Gasteiger partial charge in [-0.05, 0) is 38.0 Å². The topological polar surface area (TPSA) is 40.5 Å². The van der Waals surface area contributed by atoms with E-state index in [-0.39, 0.29) is 0 Å². The Morgan fingerprint density at radius 2 is 2.00 bits per heavy atom. The lowest BCUT2D eigenvalue weighted by Gasteiger charge is -2.51. The summed E-state index contributed by atoms with van der Waals surface area (Å²) in [7, 11) is 0. The molecule has 0 amide bonds. The summed E-state index contributed by atoms with van der Waals surface area (Å²) in [5.41, 5.74) is 0.668. The van der Waals surface area contributed by atoms with Gasteiger partial charge in [-0.15, -0.1) is 0 Å². The Labute approximate surface area is 97.8 Å². The molecule has 3 heteroatoms. The number of hydrogen-bond donors (Lipinski definition) is 1. The van der Waals surface area contributed by atoms with E-state index in [4.69, 9.17) is 5.11 Å². The molecule has 92 valence electrons. The van der Waals surface area contributed by atoms with Gasteiger partial charge in [-0.3, -0.25) is 9.69 Å². The molecular weight excluding hydrogens is 202 g/mol. The first-order chi connectivity index (χ1) is 7.61. The molecule has 0 aromatic carbocycles. The second-order valence-corrected chi connectivity index (χ2v) is 5.75. The highest BCUT2D eigenvalue weighted by Crippen LogP contribution is 2.46. The van der Waals surface area contributed by atoms with E-state index >= 15 is 0 Å². The molecule has 1 atom stereocenters. The van der Waals surface area contributed by atoms with E-state index < -0.39 is 5.97 Å². The number of likely N-dealkylation sites (tertiary alicyclic amines) is 1. The zero-order chi connectivity index (χ0) is 11.6. The summed E-state index contributed by atoms with van der Waals surface area (Å²) in [6, 6.07) is 0.575. The smallest absolute Gasteiger partial charge is 0.303 e. The first-order valence-electron chi connectivity index (χ1n) is 6.57. The second kappa shape index (κ2) is 4.74. The zero-order valence-corrected chi connectivity index (χ0v) is 10.2. The average Bonchev–Trinajstić information content (AvgIpc) is 2.63. The number of hydrogen-bond acceptors (Lipinski definition) is 2. The van der Waals surface area contributed by atoms with Crippen LogP contribution in [-0.2, 0) is 4.79 Å². The maximum absolute atomic E-state index is 10.4. The van der Waals surface area contributed by atoms with Crippen LogP contribution in [0.2, 0.25) is 0 Å². The summed E-state index contributed by atoms with van der Waals surface area (Å²) >= 11 is 0. The molecule has 1 unspecified atom stereocenters. The summed E-state index contributed by atoms with van der Waals surface area (Å²) in [5.74, 6) is -0.664. The maximum Gasteiger partial charge on any atom is 0.303 e. The zero-order valence-electron chi connectivity index (χ0n) is 10.2. The van der Waals surface area contributed by atoms with Crippen LogP contribution in [0.15, 0.2) is 0 Å². The highest BCUT2D eigenvalue weighted by atomic mass is 16.4. The Kier molecular flexibility index (Phi) is 3.53. The van der Waals surface area contributed by atoms with Gasteiger partial charge in [0.1, 0.15) is 0 Å². The Hall–Kier alpha value is -0.570. The lowest BCUT2D eigenvalue weighted by Crippen LogP contribution is -2.57. The fourth-order valence-corrected chi connectivity index (χ4v) is 3.30. The van der Waals surface area contributed by atoms with Gasteiger partial charge in [-0.25, -0.2) is 0 Å². The van der Waals surface area contributed by atoms with Gasteiger partial charge in [0.15, 0.2) is 0 Å². The van der Waals surface area contributed by atoms with Crippen molar-refractivity contribution in [2.24, 2.45) is 5.41 Å². The van der Waals surface area contributed by atoms with E-state index in [1.165, 1.54) is 38.8 Å². The fraction of sp³-hybridized carbons (Fsp3) is 0.923. The van der Waals surface area contributed by atoms with Crippen molar-refractivity contribution in [3.63, 3.8) is 0 Å². The number of carboxylic acid groups (broad SMARTS) is 1. The number of aliphatic carboxylic acids is 1. The summed E-state index contributed by atoms with van der Waals surface area (Å²) in [4.78, 5) is 13.0. The molecule has 2 aliphatic rings. The van der Waals surface area contributed by atoms with E-state index in [0.29, 0.717) is 17.9 Å². The maximum atomic E-state index is 10.4. The van der Waals surface area contributed by atoms with Crippen LogP contribution in [0, 0.1) is 5.41 Å². The van der Waals surface area contributed by atoms with Gasteiger partial charge in [0.05, 0.1) is 0 Å². The van der Waals surface area contributed by atoms with Crippen molar-refractivity contribution >= 4 is 5.97 Å². The average molecular weight is 225 g/mol. The molecule has 0 aromatic heterocycles. The normalized spacial score (nSPS) is 25.6. The number of rotatable bonds is 5. The SMILES string of the molecule is CC(CCCC(=O)O)N1CC2(CCCC2)C1. The van der Waals surface area contributed by atoms with Crippen molar-refractivity contribution in [1.29, 1.82) is 0 Å². The van der Waals surface area contributed by atoms with Crippen LogP contribution in [0.3, 0.4) is 0 Å². The summed E-state index contributed by atoms with van der Waals surface area (Å²) in [6.45, 7) is 4.77. The molecule has 1 heterocycles. The van der Waals surface area contributed by atoms with E-state index in [1.54, 1.807) is 0 Å². The second-order valence-electron chi connectivity index (χ2n) is 5.75. The van der Waals surface area contributed by atoms with Gasteiger partial charge < -0.3 is 5.11 Å². The number of carboxylic acids is 1. The van der Waals surface area contributed by atoms with Crippen molar-refractivity contribution < 1.29 is 9.90 Å². The molecule has 1 saturated heterocycles. The van der Waals surface area contributed by atoms with Crippen LogP contribution >= 0.6 is 0 Å². The van der Waals surface area contributed by atoms with E-state index in [2.05, 4.69) is 11.8 Å². The van der Waals surface area contributed by atoms with E-state index in [9.17, 15) is 4.79 Å². The van der Waals surface area contributed by atoms with Crippen molar-refractivity contribution in [3.8, 4) is 0 Å². The van der Waals surface area contributed by atoms with Crippen molar-refractivity contribution in [3.05, 3.63) is 0 Å². The minimum Gasteiger partial charge on any atom is -0.481 e. The Morgan fingerprint density at radius 3 is 2.56 bits per heavy atom. The van der Waals surface area contributed by atoms with Gasteiger partial charge >= 0.3 is 5.97 Å². The van der Waals surface area contributed by atoms with Crippen LogP contribution < -0.4 is 0 Å². The molecule has 1 saturated carbocycles. The predicted molar refractivity (Wildman–Crippen MR) is 63.4 cm³/mol. The van der Waals surface area contributed by atoms with Crippen LogP contribution in [0.4, 0.5) is 0 Å². The van der Waals surface area contributed by atoms with Crippen molar-refractivity contribution in [2.45, 2.75) is 57.9 Å². The lowest BCUT2D eigenvalue weighted by atomic mass is 9.77. The van der Waals surface area contributed by atoms with Crippen LogP contribution in [0.5, 0.6) is 0 Å².